The second-order valence-electron chi connectivity index (χ2n) is 6.48. The lowest BCUT2D eigenvalue weighted by Gasteiger charge is -2.21. The number of aromatic nitrogens is 4. The fourth-order valence-electron chi connectivity index (χ4n) is 2.96. The van der Waals surface area contributed by atoms with E-state index in [1.807, 2.05) is 14.1 Å². The number of nitrogens with one attached hydrogen (secondary N) is 1. The van der Waals surface area contributed by atoms with Crippen LogP contribution in [0, 0.1) is 0 Å². The van der Waals surface area contributed by atoms with Crippen LogP contribution in [0.2, 0.25) is 0 Å². The van der Waals surface area contributed by atoms with Gasteiger partial charge in [0.2, 0.25) is 5.91 Å². The fraction of sp³-hybridized carbons (Fsp3) is 0.600. The topological polar surface area (TPSA) is 152 Å². The first-order chi connectivity index (χ1) is 12.3. The Labute approximate surface area is 149 Å². The van der Waals surface area contributed by atoms with Gasteiger partial charge in [-0.3, -0.25) is 9.36 Å². The van der Waals surface area contributed by atoms with Crippen molar-refractivity contribution in [2.24, 2.45) is 5.73 Å². The predicted molar refractivity (Wildman–Crippen MR) is 92.2 cm³/mol. The number of hydrogen-bond acceptors (Lipinski definition) is 9. The molecule has 2 aromatic rings. The molecule has 5 N–H and O–H groups in total. The number of rotatable bonds is 5. The van der Waals surface area contributed by atoms with E-state index in [4.69, 9.17) is 10.5 Å². The SMILES string of the molecule is C[C@H](N)C(=O)N[C@@H]1[C@@H](CO)OC(n2cnc3c(N(C)C)ncnc32)[C@@H]1O. The summed E-state index contributed by atoms with van der Waals surface area (Å²) in [5.41, 5.74) is 6.59. The summed E-state index contributed by atoms with van der Waals surface area (Å²) in [7, 11) is 3.67. The number of aliphatic hydroxyl groups is 2. The molecule has 0 bridgehead atoms. The standard InChI is InChI=1S/C15H23N7O4/c1-7(16)14(25)20-9-8(4-23)26-15(11(9)24)22-6-19-10-12(21(2)3)17-5-18-13(10)22/h5-9,11,15,23-24H,4,16H2,1-3H3,(H,20,25)/t7-,8+,9+,11+,15?/m0/s1. The number of carbonyl (C=O) groups excluding carboxylic acids is 1. The van der Waals surface area contributed by atoms with Gasteiger partial charge in [0, 0.05) is 14.1 Å². The Bertz CT molecular complexity index is 793. The van der Waals surface area contributed by atoms with Gasteiger partial charge in [-0.25, -0.2) is 15.0 Å². The van der Waals surface area contributed by atoms with Gasteiger partial charge in [-0.1, -0.05) is 0 Å². The molecule has 0 aliphatic carbocycles. The van der Waals surface area contributed by atoms with Gasteiger partial charge in [0.1, 0.15) is 18.5 Å². The van der Waals surface area contributed by atoms with Crippen LogP contribution < -0.4 is 16.0 Å². The van der Waals surface area contributed by atoms with Crippen molar-refractivity contribution in [3.8, 4) is 0 Å². The summed E-state index contributed by atoms with van der Waals surface area (Å²) in [5.74, 6) is 0.186. The Morgan fingerprint density at radius 3 is 2.81 bits per heavy atom. The zero-order valence-corrected chi connectivity index (χ0v) is 14.8. The molecule has 1 amide bonds. The first-order valence-corrected chi connectivity index (χ1v) is 8.20. The molecule has 0 spiro atoms. The summed E-state index contributed by atoms with van der Waals surface area (Å²) in [6.45, 7) is 1.16. The van der Waals surface area contributed by atoms with Crippen LogP contribution in [0.1, 0.15) is 13.2 Å². The van der Waals surface area contributed by atoms with Gasteiger partial charge >= 0.3 is 0 Å². The minimum Gasteiger partial charge on any atom is -0.394 e. The summed E-state index contributed by atoms with van der Waals surface area (Å²) in [5, 5.41) is 22.9. The van der Waals surface area contributed by atoms with Crippen molar-refractivity contribution in [2.75, 3.05) is 25.6 Å². The van der Waals surface area contributed by atoms with Gasteiger partial charge in [-0.2, -0.15) is 0 Å². The lowest BCUT2D eigenvalue weighted by Crippen LogP contribution is -2.52. The monoisotopic (exact) mass is 365 g/mol. The van der Waals surface area contributed by atoms with Gasteiger partial charge in [0.25, 0.3) is 0 Å². The molecule has 26 heavy (non-hydrogen) atoms. The van der Waals surface area contributed by atoms with E-state index in [-0.39, 0.29) is 6.61 Å². The van der Waals surface area contributed by atoms with Crippen molar-refractivity contribution in [1.29, 1.82) is 0 Å². The molecule has 1 fully saturated rings. The second-order valence-corrected chi connectivity index (χ2v) is 6.48. The van der Waals surface area contributed by atoms with E-state index in [2.05, 4.69) is 20.3 Å². The Balaban J connectivity index is 1.94. The van der Waals surface area contributed by atoms with E-state index in [0.29, 0.717) is 17.0 Å². The van der Waals surface area contributed by atoms with Gasteiger partial charge in [0.15, 0.2) is 23.2 Å². The molecule has 0 saturated carbocycles. The summed E-state index contributed by atoms with van der Waals surface area (Å²) in [6, 6.07) is -1.55. The lowest BCUT2D eigenvalue weighted by atomic mass is 10.1. The number of anilines is 1. The normalized spacial score (nSPS) is 26.8. The minimum absolute atomic E-state index is 0.373. The van der Waals surface area contributed by atoms with E-state index < -0.39 is 36.4 Å². The molecule has 0 radical (unpaired) electrons. The third kappa shape index (κ3) is 3.09. The van der Waals surface area contributed by atoms with Crippen LogP contribution >= 0.6 is 0 Å². The van der Waals surface area contributed by atoms with Gasteiger partial charge < -0.3 is 30.9 Å². The Morgan fingerprint density at radius 2 is 2.19 bits per heavy atom. The fourth-order valence-corrected chi connectivity index (χ4v) is 2.96. The maximum Gasteiger partial charge on any atom is 0.237 e. The van der Waals surface area contributed by atoms with Crippen LogP contribution in [0.25, 0.3) is 11.2 Å². The van der Waals surface area contributed by atoms with Gasteiger partial charge in [-0.05, 0) is 6.92 Å². The molecule has 1 aliphatic rings. The summed E-state index contributed by atoms with van der Waals surface area (Å²) in [6.07, 6.45) is 0.108. The quantitative estimate of drug-likeness (QED) is 0.470. The number of hydrogen-bond donors (Lipinski definition) is 4. The Morgan fingerprint density at radius 1 is 1.46 bits per heavy atom. The Kier molecular flexibility index (Phi) is 5.05. The number of carbonyl (C=O) groups is 1. The highest BCUT2D eigenvalue weighted by molar-refractivity contribution is 5.83. The number of aliphatic hydroxyl groups excluding tert-OH is 2. The van der Waals surface area contributed by atoms with E-state index >= 15 is 0 Å². The molecule has 1 saturated heterocycles. The highest BCUT2D eigenvalue weighted by Gasteiger charge is 2.46. The summed E-state index contributed by atoms with van der Waals surface area (Å²) in [4.78, 5) is 26.4. The minimum atomic E-state index is -1.12. The van der Waals surface area contributed by atoms with Gasteiger partial charge in [-0.15, -0.1) is 0 Å². The molecule has 5 atom stereocenters. The van der Waals surface area contributed by atoms with E-state index in [9.17, 15) is 15.0 Å². The van der Waals surface area contributed by atoms with Crippen LogP contribution in [0.5, 0.6) is 0 Å². The zero-order chi connectivity index (χ0) is 19.0. The molecule has 0 aromatic carbocycles. The van der Waals surface area contributed by atoms with E-state index in [1.54, 1.807) is 9.47 Å². The van der Waals surface area contributed by atoms with Crippen LogP contribution in [-0.2, 0) is 9.53 Å². The van der Waals surface area contributed by atoms with Crippen LogP contribution in [0.4, 0.5) is 5.82 Å². The van der Waals surface area contributed by atoms with Crippen molar-refractivity contribution in [1.82, 2.24) is 24.8 Å². The largest absolute Gasteiger partial charge is 0.394 e. The highest BCUT2D eigenvalue weighted by atomic mass is 16.5. The number of nitrogens with two attached hydrogens (primary N) is 1. The lowest BCUT2D eigenvalue weighted by molar-refractivity contribution is -0.123. The Hall–Kier alpha value is -2.34. The summed E-state index contributed by atoms with van der Waals surface area (Å²) >= 11 is 0. The van der Waals surface area contributed by atoms with Crippen molar-refractivity contribution in [3.63, 3.8) is 0 Å². The molecule has 1 aliphatic heterocycles. The first kappa shape index (κ1) is 18.5. The zero-order valence-electron chi connectivity index (χ0n) is 14.8. The van der Waals surface area contributed by atoms with Crippen molar-refractivity contribution in [2.45, 2.75) is 37.4 Å². The maximum atomic E-state index is 11.9. The predicted octanol–water partition coefficient (Wildman–Crippen LogP) is -2.03. The maximum absolute atomic E-state index is 11.9. The number of nitrogens with zero attached hydrogens (tertiary/aromatic N) is 5. The average Bonchev–Trinajstić information content (AvgIpc) is 3.16. The third-order valence-corrected chi connectivity index (χ3v) is 4.31. The van der Waals surface area contributed by atoms with Crippen molar-refractivity contribution < 1.29 is 19.7 Å². The average molecular weight is 365 g/mol. The smallest absolute Gasteiger partial charge is 0.237 e. The number of imidazole rings is 1. The van der Waals surface area contributed by atoms with E-state index in [0.717, 1.165) is 0 Å². The third-order valence-electron chi connectivity index (χ3n) is 4.31. The molecule has 2 aromatic heterocycles. The molecule has 11 nitrogen and oxygen atoms in total. The summed E-state index contributed by atoms with van der Waals surface area (Å²) < 4.78 is 7.33. The highest BCUT2D eigenvalue weighted by Crippen LogP contribution is 2.32. The molecule has 11 heteroatoms. The van der Waals surface area contributed by atoms with Crippen molar-refractivity contribution in [3.05, 3.63) is 12.7 Å². The number of fused-ring (bicyclic) bond motifs is 1. The molecule has 3 rings (SSSR count). The first-order valence-electron chi connectivity index (χ1n) is 8.20. The molecule has 1 unspecified atom stereocenters. The van der Waals surface area contributed by atoms with Crippen molar-refractivity contribution >= 4 is 22.9 Å². The number of ether oxygens (including phenoxy) is 1. The van der Waals surface area contributed by atoms with Crippen LogP contribution in [0.15, 0.2) is 12.7 Å². The van der Waals surface area contributed by atoms with Crippen LogP contribution in [0.3, 0.4) is 0 Å². The molecule has 142 valence electrons. The second kappa shape index (κ2) is 7.11. The number of amides is 1. The molecular weight excluding hydrogens is 342 g/mol. The molecular formula is C15H23N7O4. The molecule has 3 heterocycles. The van der Waals surface area contributed by atoms with Gasteiger partial charge in [0.05, 0.1) is 25.0 Å². The van der Waals surface area contributed by atoms with Crippen LogP contribution in [-0.4, -0.2) is 80.6 Å². The van der Waals surface area contributed by atoms with E-state index in [1.165, 1.54) is 19.6 Å².